The smallest absolute Gasteiger partial charge is 0.117 e. The summed E-state index contributed by atoms with van der Waals surface area (Å²) in [6, 6.07) is 0. The zero-order chi connectivity index (χ0) is 8.89. The average Bonchev–Trinajstić information content (AvgIpc) is 2.59. The van der Waals surface area contributed by atoms with E-state index in [0.29, 0.717) is 17.9 Å². The molecule has 0 aromatic heterocycles. The zero-order valence-corrected chi connectivity index (χ0v) is 7.51. The van der Waals surface area contributed by atoms with Gasteiger partial charge in [0.25, 0.3) is 0 Å². The summed E-state index contributed by atoms with van der Waals surface area (Å²) in [4.78, 5) is 0. The molecular weight excluding hydrogens is 164 g/mol. The Hall–Kier alpha value is -1.02. The minimum absolute atomic E-state index is 0.119. The number of fused-ring (bicyclic) bond motifs is 4. The summed E-state index contributed by atoms with van der Waals surface area (Å²) in [7, 11) is 1.78. The molecule has 0 aromatic rings. The third-order valence-electron chi connectivity index (χ3n) is 3.41. The first-order chi connectivity index (χ1) is 6.38. The van der Waals surface area contributed by atoms with Gasteiger partial charge >= 0.3 is 0 Å². The monoisotopic (exact) mass is 176 g/mol. The molecule has 0 unspecified atom stereocenters. The molecule has 0 aromatic carbocycles. The molecule has 2 heteroatoms. The highest BCUT2D eigenvalue weighted by Gasteiger charge is 2.62. The molecule has 13 heavy (non-hydrogen) atoms. The van der Waals surface area contributed by atoms with Crippen molar-refractivity contribution in [2.75, 3.05) is 7.11 Å². The van der Waals surface area contributed by atoms with Crippen molar-refractivity contribution >= 4 is 0 Å². The lowest BCUT2D eigenvalue weighted by molar-refractivity contribution is -0.170. The van der Waals surface area contributed by atoms with Crippen molar-refractivity contribution in [3.8, 4) is 0 Å². The van der Waals surface area contributed by atoms with Gasteiger partial charge in [-0.1, -0.05) is 24.3 Å². The third kappa shape index (κ3) is 0.684. The van der Waals surface area contributed by atoms with Crippen molar-refractivity contribution in [2.24, 2.45) is 11.8 Å². The maximum atomic E-state index is 5.62. The molecule has 0 N–H and O–H groups in total. The normalized spacial score (nSPS) is 49.5. The van der Waals surface area contributed by atoms with Gasteiger partial charge in [0, 0.05) is 13.0 Å². The Kier molecular flexibility index (Phi) is 1.29. The van der Waals surface area contributed by atoms with Gasteiger partial charge in [-0.25, -0.2) is 0 Å². The summed E-state index contributed by atoms with van der Waals surface area (Å²) in [5.41, 5.74) is -0.119. The zero-order valence-electron chi connectivity index (χ0n) is 7.51. The molecule has 1 fully saturated rings. The molecule has 3 rings (SSSR count). The van der Waals surface area contributed by atoms with Gasteiger partial charge in [-0.3, -0.25) is 0 Å². The summed E-state index contributed by atoms with van der Waals surface area (Å²) in [5, 5.41) is 0. The summed E-state index contributed by atoms with van der Waals surface area (Å²) in [5.74, 6) is 0.797. The lowest BCUT2D eigenvalue weighted by atomic mass is 9.57. The van der Waals surface area contributed by atoms with Crippen molar-refractivity contribution < 1.29 is 9.47 Å². The molecule has 68 valence electrons. The van der Waals surface area contributed by atoms with Crippen LogP contribution in [0.4, 0.5) is 0 Å². The van der Waals surface area contributed by atoms with Crippen molar-refractivity contribution in [3.05, 3.63) is 36.6 Å². The molecule has 1 saturated carbocycles. The maximum absolute atomic E-state index is 5.62. The van der Waals surface area contributed by atoms with Gasteiger partial charge in [0.1, 0.15) is 11.7 Å². The van der Waals surface area contributed by atoms with Crippen molar-refractivity contribution in [1.29, 1.82) is 0 Å². The van der Waals surface area contributed by atoms with Gasteiger partial charge in [0.05, 0.1) is 12.2 Å². The topological polar surface area (TPSA) is 18.5 Å². The largest absolute Gasteiger partial charge is 0.497 e. The minimum atomic E-state index is -0.119. The number of rotatable bonds is 1. The van der Waals surface area contributed by atoms with Crippen LogP contribution in [0.2, 0.25) is 0 Å². The standard InChI is InChI=1S/C11H12O2/c1-12-11-6-3-2-4-8(11)10-9(11)5-7-13-10/h2-10H,1H3/t8-,9-,10-,11+/m1/s1. The van der Waals surface area contributed by atoms with Crippen LogP contribution in [0.1, 0.15) is 0 Å². The fourth-order valence-electron chi connectivity index (χ4n) is 2.70. The number of hydrogen-bond donors (Lipinski definition) is 0. The van der Waals surface area contributed by atoms with Crippen molar-refractivity contribution in [1.82, 2.24) is 0 Å². The quantitative estimate of drug-likeness (QED) is 0.605. The second kappa shape index (κ2) is 2.26. The Morgan fingerprint density at radius 2 is 2.08 bits per heavy atom. The lowest BCUT2D eigenvalue weighted by Gasteiger charge is -2.54. The second-order valence-electron chi connectivity index (χ2n) is 3.78. The number of allylic oxidation sites excluding steroid dienone is 2. The van der Waals surface area contributed by atoms with Crippen molar-refractivity contribution in [2.45, 2.75) is 11.7 Å². The highest BCUT2D eigenvalue weighted by molar-refractivity contribution is 5.36. The Morgan fingerprint density at radius 3 is 2.92 bits per heavy atom. The molecule has 3 aliphatic rings. The van der Waals surface area contributed by atoms with Crippen LogP contribution in [-0.4, -0.2) is 18.8 Å². The molecule has 2 aliphatic carbocycles. The van der Waals surface area contributed by atoms with E-state index < -0.39 is 0 Å². The van der Waals surface area contributed by atoms with Gasteiger partial charge in [0.15, 0.2) is 0 Å². The van der Waals surface area contributed by atoms with E-state index in [1.165, 1.54) is 0 Å². The molecule has 0 radical (unpaired) electrons. The fourth-order valence-corrected chi connectivity index (χ4v) is 2.70. The van der Waals surface area contributed by atoms with E-state index in [9.17, 15) is 0 Å². The first-order valence-electron chi connectivity index (χ1n) is 4.62. The number of methoxy groups -OCH3 is 1. The average molecular weight is 176 g/mol. The first-order valence-corrected chi connectivity index (χ1v) is 4.62. The Balaban J connectivity index is 2.01. The van der Waals surface area contributed by atoms with E-state index in [1.54, 1.807) is 13.4 Å². The Labute approximate surface area is 77.5 Å². The predicted molar refractivity (Wildman–Crippen MR) is 49.0 cm³/mol. The van der Waals surface area contributed by atoms with E-state index in [2.05, 4.69) is 30.4 Å². The Bertz CT molecular complexity index is 316. The van der Waals surface area contributed by atoms with Crippen LogP contribution in [0.5, 0.6) is 0 Å². The van der Waals surface area contributed by atoms with Crippen LogP contribution in [0, 0.1) is 11.8 Å². The number of hydrogen-bond acceptors (Lipinski definition) is 2. The van der Waals surface area contributed by atoms with Gasteiger partial charge in [-0.15, -0.1) is 0 Å². The van der Waals surface area contributed by atoms with E-state index in [0.717, 1.165) is 0 Å². The molecule has 2 nitrogen and oxygen atoms in total. The first kappa shape index (κ1) is 7.39. The predicted octanol–water partition coefficient (Wildman–Crippen LogP) is 1.66. The van der Waals surface area contributed by atoms with E-state index in [1.807, 2.05) is 0 Å². The van der Waals surface area contributed by atoms with Crippen LogP contribution in [0.3, 0.4) is 0 Å². The van der Waals surface area contributed by atoms with Crippen LogP contribution in [0.15, 0.2) is 36.6 Å². The van der Waals surface area contributed by atoms with Crippen LogP contribution >= 0.6 is 0 Å². The fraction of sp³-hybridized carbons (Fsp3) is 0.455. The Morgan fingerprint density at radius 1 is 1.23 bits per heavy atom. The van der Waals surface area contributed by atoms with E-state index in [-0.39, 0.29) is 5.60 Å². The van der Waals surface area contributed by atoms with Crippen LogP contribution in [0.25, 0.3) is 0 Å². The van der Waals surface area contributed by atoms with E-state index >= 15 is 0 Å². The summed E-state index contributed by atoms with van der Waals surface area (Å²) in [6.45, 7) is 0. The molecule has 1 aliphatic heterocycles. The van der Waals surface area contributed by atoms with Gasteiger partial charge in [-0.2, -0.15) is 0 Å². The van der Waals surface area contributed by atoms with Gasteiger partial charge < -0.3 is 9.47 Å². The summed E-state index contributed by atoms with van der Waals surface area (Å²) < 4.78 is 11.1. The molecule has 4 atom stereocenters. The van der Waals surface area contributed by atoms with Crippen molar-refractivity contribution in [3.63, 3.8) is 0 Å². The highest BCUT2D eigenvalue weighted by atomic mass is 16.5. The molecule has 0 spiro atoms. The molecule has 0 saturated heterocycles. The van der Waals surface area contributed by atoms with Gasteiger partial charge in [0.2, 0.25) is 0 Å². The summed E-state index contributed by atoms with van der Waals surface area (Å²) >= 11 is 0. The van der Waals surface area contributed by atoms with E-state index in [4.69, 9.17) is 9.47 Å². The molecule has 0 bridgehead atoms. The second-order valence-corrected chi connectivity index (χ2v) is 3.78. The summed E-state index contributed by atoms with van der Waals surface area (Å²) in [6.07, 6.45) is 12.7. The SMILES string of the molecule is CO[C@@]12C=CC=C[C@@H]1[C@H]1OC=C[C@H]12. The molecule has 1 heterocycles. The lowest BCUT2D eigenvalue weighted by Crippen LogP contribution is -2.63. The molecule has 0 amide bonds. The number of ether oxygens (including phenoxy) is 2. The van der Waals surface area contributed by atoms with Crippen LogP contribution < -0.4 is 0 Å². The van der Waals surface area contributed by atoms with Crippen LogP contribution in [-0.2, 0) is 9.47 Å². The maximum Gasteiger partial charge on any atom is 0.117 e. The molecular formula is C11H12O2. The third-order valence-corrected chi connectivity index (χ3v) is 3.41. The highest BCUT2D eigenvalue weighted by Crippen LogP contribution is 2.54. The van der Waals surface area contributed by atoms with Gasteiger partial charge in [-0.05, 0) is 6.08 Å². The minimum Gasteiger partial charge on any atom is -0.497 e.